The van der Waals surface area contributed by atoms with Gasteiger partial charge in [-0.05, 0) is 55.9 Å². The first kappa shape index (κ1) is 13.5. The standard InChI is InChI=1S/C19H24O3/c1-17-8-6-13-11(12(17)3-4-15(17)21)5-10-19-16(22-19)14(20)7-9-18(13,19)2/h7,9,11-13,16H,3-6,8,10H2,1-2H3/t11-,12-,13-,16?,17-,18+,19?/m0/s1. The zero-order valence-corrected chi connectivity index (χ0v) is 13.4. The maximum absolute atomic E-state index is 12.4. The Hall–Kier alpha value is -0.960. The van der Waals surface area contributed by atoms with Crippen molar-refractivity contribution in [2.45, 2.75) is 64.1 Å². The van der Waals surface area contributed by atoms with Gasteiger partial charge in [0.05, 0.1) is 0 Å². The number of epoxide rings is 1. The summed E-state index contributed by atoms with van der Waals surface area (Å²) in [5.41, 5.74) is -0.294. The average molecular weight is 300 g/mol. The molecule has 0 aromatic carbocycles. The van der Waals surface area contributed by atoms with E-state index in [1.807, 2.05) is 0 Å². The highest BCUT2D eigenvalue weighted by molar-refractivity contribution is 5.98. The van der Waals surface area contributed by atoms with Gasteiger partial charge in [0.1, 0.15) is 11.4 Å². The van der Waals surface area contributed by atoms with Crippen LogP contribution in [0, 0.1) is 28.6 Å². The Morgan fingerprint density at radius 1 is 1.09 bits per heavy atom. The van der Waals surface area contributed by atoms with Gasteiger partial charge in [-0.2, -0.15) is 0 Å². The Morgan fingerprint density at radius 3 is 2.73 bits per heavy atom. The Labute approximate surface area is 131 Å². The summed E-state index contributed by atoms with van der Waals surface area (Å²) in [5.74, 6) is 2.41. The molecule has 0 radical (unpaired) electrons. The van der Waals surface area contributed by atoms with E-state index < -0.39 is 0 Å². The monoisotopic (exact) mass is 300 g/mol. The van der Waals surface area contributed by atoms with Gasteiger partial charge in [-0.25, -0.2) is 0 Å². The van der Waals surface area contributed by atoms with Crippen molar-refractivity contribution in [1.29, 1.82) is 0 Å². The van der Waals surface area contributed by atoms with Crippen LogP contribution in [0.2, 0.25) is 0 Å². The van der Waals surface area contributed by atoms with E-state index in [1.54, 1.807) is 6.08 Å². The van der Waals surface area contributed by atoms with Crippen LogP contribution in [-0.4, -0.2) is 23.3 Å². The van der Waals surface area contributed by atoms with Crippen LogP contribution >= 0.6 is 0 Å². The summed E-state index contributed by atoms with van der Waals surface area (Å²) in [5, 5.41) is 0. The molecular weight excluding hydrogens is 276 g/mol. The fraction of sp³-hybridized carbons (Fsp3) is 0.789. The summed E-state index contributed by atoms with van der Waals surface area (Å²) >= 11 is 0. The number of ether oxygens (including phenoxy) is 1. The van der Waals surface area contributed by atoms with E-state index in [2.05, 4.69) is 19.9 Å². The Balaban J connectivity index is 1.56. The smallest absolute Gasteiger partial charge is 0.187 e. The van der Waals surface area contributed by atoms with Crippen LogP contribution in [0.25, 0.3) is 0 Å². The maximum Gasteiger partial charge on any atom is 0.187 e. The van der Waals surface area contributed by atoms with Crippen molar-refractivity contribution in [3.8, 4) is 0 Å². The van der Waals surface area contributed by atoms with Crippen molar-refractivity contribution in [3.05, 3.63) is 12.2 Å². The van der Waals surface area contributed by atoms with Gasteiger partial charge in [0.2, 0.25) is 0 Å². The molecule has 0 aromatic heterocycles. The van der Waals surface area contributed by atoms with Crippen molar-refractivity contribution >= 4 is 11.6 Å². The second-order valence-electron chi connectivity index (χ2n) is 8.74. The van der Waals surface area contributed by atoms with Crippen LogP contribution in [0.15, 0.2) is 12.2 Å². The summed E-state index contributed by atoms with van der Waals surface area (Å²) in [7, 11) is 0. The van der Waals surface area contributed by atoms with Crippen LogP contribution in [-0.2, 0) is 14.3 Å². The van der Waals surface area contributed by atoms with Gasteiger partial charge in [-0.3, -0.25) is 9.59 Å². The quantitative estimate of drug-likeness (QED) is 0.646. The topological polar surface area (TPSA) is 46.7 Å². The minimum atomic E-state index is -0.212. The van der Waals surface area contributed by atoms with E-state index in [1.165, 1.54) is 0 Å². The van der Waals surface area contributed by atoms with Crippen molar-refractivity contribution < 1.29 is 14.3 Å². The lowest BCUT2D eigenvalue weighted by Gasteiger charge is -2.56. The first-order chi connectivity index (χ1) is 10.4. The number of hydrogen-bond donors (Lipinski definition) is 0. The molecule has 0 bridgehead atoms. The van der Waals surface area contributed by atoms with E-state index in [0.717, 1.165) is 38.5 Å². The predicted molar refractivity (Wildman–Crippen MR) is 81.1 cm³/mol. The highest BCUT2D eigenvalue weighted by Crippen LogP contribution is 2.70. The van der Waals surface area contributed by atoms with E-state index in [-0.39, 0.29) is 28.3 Å². The lowest BCUT2D eigenvalue weighted by atomic mass is 9.46. The highest BCUT2D eigenvalue weighted by atomic mass is 16.6. The molecule has 0 amide bonds. The second kappa shape index (κ2) is 3.75. The molecule has 4 aliphatic carbocycles. The van der Waals surface area contributed by atoms with Crippen molar-refractivity contribution in [1.82, 2.24) is 0 Å². The van der Waals surface area contributed by atoms with Gasteiger partial charge in [0.25, 0.3) is 0 Å². The van der Waals surface area contributed by atoms with Crippen LogP contribution in [0.1, 0.15) is 52.4 Å². The van der Waals surface area contributed by atoms with E-state index in [9.17, 15) is 9.59 Å². The normalized spacial score (nSPS) is 58.6. The minimum Gasteiger partial charge on any atom is -0.356 e. The predicted octanol–water partition coefficient (Wildman–Crippen LogP) is 3.07. The SMILES string of the molecule is C[C@]12CC[C@H]3[C@@H](CCC45OC4C(=O)C=C[C@]35C)[C@@H]1CCC2=O. The molecular formula is C19H24O3. The fourth-order valence-electron chi connectivity index (χ4n) is 6.84. The van der Waals surface area contributed by atoms with Crippen molar-refractivity contribution in [3.63, 3.8) is 0 Å². The number of carbonyl (C=O) groups is 2. The zero-order valence-electron chi connectivity index (χ0n) is 13.4. The molecule has 0 N–H and O–H groups in total. The molecule has 4 fully saturated rings. The van der Waals surface area contributed by atoms with Crippen LogP contribution in [0.3, 0.4) is 0 Å². The number of fused-ring (bicyclic) bond motifs is 4. The molecule has 1 aliphatic heterocycles. The number of hydrogen-bond acceptors (Lipinski definition) is 3. The van der Waals surface area contributed by atoms with Crippen molar-refractivity contribution in [2.75, 3.05) is 0 Å². The van der Waals surface area contributed by atoms with Crippen LogP contribution in [0.4, 0.5) is 0 Å². The molecule has 22 heavy (non-hydrogen) atoms. The second-order valence-corrected chi connectivity index (χ2v) is 8.74. The molecule has 3 heteroatoms. The molecule has 0 aromatic rings. The Kier molecular flexibility index (Phi) is 2.29. The molecule has 7 atom stereocenters. The Bertz CT molecular complexity index is 622. The number of ketones is 2. The molecule has 118 valence electrons. The molecule has 5 rings (SSSR count). The fourth-order valence-corrected chi connectivity index (χ4v) is 6.84. The van der Waals surface area contributed by atoms with Gasteiger partial charge < -0.3 is 4.74 Å². The maximum atomic E-state index is 12.4. The molecule has 3 nitrogen and oxygen atoms in total. The summed E-state index contributed by atoms with van der Waals surface area (Å²) in [6, 6.07) is 0. The molecule has 1 spiro atoms. The van der Waals surface area contributed by atoms with Gasteiger partial charge in [-0.15, -0.1) is 0 Å². The summed E-state index contributed by atoms with van der Waals surface area (Å²) in [6.07, 6.45) is 9.86. The number of carbonyl (C=O) groups excluding carboxylic acids is 2. The first-order valence-corrected chi connectivity index (χ1v) is 8.87. The molecule has 5 aliphatic rings. The van der Waals surface area contributed by atoms with E-state index >= 15 is 0 Å². The Morgan fingerprint density at radius 2 is 1.91 bits per heavy atom. The average Bonchev–Trinajstić information content (AvgIpc) is 3.17. The molecule has 1 heterocycles. The van der Waals surface area contributed by atoms with Crippen LogP contribution in [0.5, 0.6) is 0 Å². The highest BCUT2D eigenvalue weighted by Gasteiger charge is 2.75. The number of Topliss-reactive ketones (excluding diaryl/α,β-unsaturated/α-hetero) is 1. The summed E-state index contributed by atoms with van der Waals surface area (Å²) in [4.78, 5) is 24.4. The largest absolute Gasteiger partial charge is 0.356 e. The molecule has 3 saturated carbocycles. The minimum absolute atomic E-state index is 0.0124. The number of rotatable bonds is 0. The third kappa shape index (κ3) is 1.26. The first-order valence-electron chi connectivity index (χ1n) is 8.87. The van der Waals surface area contributed by atoms with Gasteiger partial charge >= 0.3 is 0 Å². The van der Waals surface area contributed by atoms with Gasteiger partial charge in [-0.1, -0.05) is 19.9 Å². The molecule has 2 unspecified atom stereocenters. The van der Waals surface area contributed by atoms with Crippen molar-refractivity contribution in [2.24, 2.45) is 28.6 Å². The molecule has 1 saturated heterocycles. The van der Waals surface area contributed by atoms with Gasteiger partial charge in [0.15, 0.2) is 11.9 Å². The zero-order chi connectivity index (χ0) is 15.3. The van der Waals surface area contributed by atoms with E-state index in [0.29, 0.717) is 23.5 Å². The van der Waals surface area contributed by atoms with E-state index in [4.69, 9.17) is 4.74 Å². The summed E-state index contributed by atoms with van der Waals surface area (Å²) < 4.78 is 6.01. The lowest BCUT2D eigenvalue weighted by molar-refractivity contribution is -0.134. The van der Waals surface area contributed by atoms with Gasteiger partial charge in [0, 0.05) is 17.3 Å². The van der Waals surface area contributed by atoms with Crippen LogP contribution < -0.4 is 0 Å². The summed E-state index contributed by atoms with van der Waals surface area (Å²) in [6.45, 7) is 4.53. The third-order valence-electron chi connectivity index (χ3n) is 8.22. The lowest BCUT2D eigenvalue weighted by Crippen LogP contribution is -2.56. The third-order valence-corrected chi connectivity index (χ3v) is 8.22.